The topological polar surface area (TPSA) is 113 Å². The molecule has 1 aromatic carbocycles. The van der Waals surface area contributed by atoms with Crippen LogP contribution in [0.3, 0.4) is 0 Å². The van der Waals surface area contributed by atoms with E-state index in [1.807, 2.05) is 0 Å². The number of imide groups is 2. The van der Waals surface area contributed by atoms with Crippen molar-refractivity contribution < 1.29 is 24.3 Å². The first-order valence-electron chi connectivity index (χ1n) is 6.26. The van der Waals surface area contributed by atoms with Gasteiger partial charge in [0.25, 0.3) is 5.97 Å². The quantitative estimate of drug-likeness (QED) is 0.698. The molecule has 1 fully saturated rings. The van der Waals surface area contributed by atoms with Crippen LogP contribution in [0.25, 0.3) is 0 Å². The molecule has 0 atom stereocenters. The van der Waals surface area contributed by atoms with Crippen molar-refractivity contribution in [2.45, 2.75) is 25.7 Å². The highest BCUT2D eigenvalue weighted by molar-refractivity contribution is 6.22. The second-order valence-electron chi connectivity index (χ2n) is 4.38. The number of nitrogens with one attached hydrogen (secondary N) is 2. The number of benzene rings is 1. The van der Waals surface area contributed by atoms with Crippen LogP contribution >= 0.6 is 0 Å². The van der Waals surface area contributed by atoms with Gasteiger partial charge in [0.05, 0.1) is 0 Å². The molecule has 0 saturated carbocycles. The van der Waals surface area contributed by atoms with Gasteiger partial charge < -0.3 is 5.11 Å². The summed E-state index contributed by atoms with van der Waals surface area (Å²) < 4.78 is 0. The maximum Gasteiger partial charge on any atom is 0.328 e. The Morgan fingerprint density at radius 3 is 1.90 bits per heavy atom. The summed E-state index contributed by atoms with van der Waals surface area (Å²) in [5.41, 5.74) is -0.722. The molecule has 0 radical (unpaired) electrons. The Balaban J connectivity index is 0.000000491. The van der Waals surface area contributed by atoms with Gasteiger partial charge in [-0.3, -0.25) is 25.0 Å². The molecular formula is C14H16N2O5. The molecule has 7 nitrogen and oxygen atoms in total. The average Bonchev–Trinajstić information content (AvgIpc) is 2.39. The molecule has 21 heavy (non-hydrogen) atoms. The lowest BCUT2D eigenvalue weighted by atomic mass is 9.75. The lowest BCUT2D eigenvalue weighted by Gasteiger charge is -2.33. The molecule has 0 bridgehead atoms. The number of carbonyl (C=O) groups excluding carboxylic acids is 3. The van der Waals surface area contributed by atoms with E-state index >= 15 is 0 Å². The summed E-state index contributed by atoms with van der Waals surface area (Å²) in [7, 11) is 0. The predicted octanol–water partition coefficient (Wildman–Crippen LogP) is 0.791. The third kappa shape index (κ3) is 3.44. The smallest absolute Gasteiger partial charge is 0.328 e. The minimum absolute atomic E-state index is 0.294. The molecule has 0 spiro atoms. The summed E-state index contributed by atoms with van der Waals surface area (Å²) in [5, 5.41) is 11.7. The Morgan fingerprint density at radius 2 is 1.52 bits per heavy atom. The molecule has 0 unspecified atom stereocenters. The Morgan fingerprint density at radius 1 is 1.10 bits per heavy atom. The SMILES string of the molecule is CC(=O)O.CCC1(c2ccccc2)C(=O)NC(=O)NC1=O. The highest BCUT2D eigenvalue weighted by Crippen LogP contribution is 2.30. The molecule has 1 aliphatic heterocycles. The molecule has 4 amide bonds. The van der Waals surface area contributed by atoms with Crippen LogP contribution in [0.1, 0.15) is 25.8 Å². The Hall–Kier alpha value is -2.70. The predicted molar refractivity (Wildman–Crippen MR) is 73.4 cm³/mol. The second kappa shape index (κ2) is 6.65. The third-order valence-electron chi connectivity index (χ3n) is 3.03. The summed E-state index contributed by atoms with van der Waals surface area (Å²) in [4.78, 5) is 44.0. The average molecular weight is 292 g/mol. The highest BCUT2D eigenvalue weighted by Gasteiger charge is 2.50. The van der Waals surface area contributed by atoms with Gasteiger partial charge in [-0.15, -0.1) is 0 Å². The first-order chi connectivity index (χ1) is 9.84. The van der Waals surface area contributed by atoms with E-state index in [1.54, 1.807) is 37.3 Å². The van der Waals surface area contributed by atoms with Gasteiger partial charge >= 0.3 is 6.03 Å². The van der Waals surface area contributed by atoms with Crippen LogP contribution in [0.4, 0.5) is 4.79 Å². The van der Waals surface area contributed by atoms with E-state index in [0.29, 0.717) is 12.0 Å². The fourth-order valence-corrected chi connectivity index (χ4v) is 2.06. The molecule has 1 heterocycles. The maximum absolute atomic E-state index is 12.0. The molecule has 7 heteroatoms. The summed E-state index contributed by atoms with van der Waals surface area (Å²) >= 11 is 0. The van der Waals surface area contributed by atoms with Gasteiger partial charge in [0.15, 0.2) is 5.41 Å². The maximum atomic E-state index is 12.0. The van der Waals surface area contributed by atoms with Gasteiger partial charge in [-0.1, -0.05) is 37.3 Å². The minimum Gasteiger partial charge on any atom is -0.481 e. The van der Waals surface area contributed by atoms with Crippen molar-refractivity contribution in [3.63, 3.8) is 0 Å². The van der Waals surface area contributed by atoms with E-state index in [4.69, 9.17) is 9.90 Å². The zero-order valence-electron chi connectivity index (χ0n) is 11.7. The molecule has 1 aliphatic rings. The number of carboxylic acids is 1. The molecule has 0 aromatic heterocycles. The van der Waals surface area contributed by atoms with Gasteiger partial charge in [0.1, 0.15) is 0 Å². The van der Waals surface area contributed by atoms with E-state index in [1.165, 1.54) is 0 Å². The number of carboxylic acid groups (broad SMARTS) is 1. The summed E-state index contributed by atoms with van der Waals surface area (Å²) in [5.74, 6) is -1.97. The highest BCUT2D eigenvalue weighted by atomic mass is 16.4. The summed E-state index contributed by atoms with van der Waals surface area (Å²) in [6.45, 7) is 2.82. The fourth-order valence-electron chi connectivity index (χ4n) is 2.06. The Bertz CT molecular complexity index is 544. The standard InChI is InChI=1S/C12H12N2O3.C2H4O2/c1-2-12(8-6-4-3-5-7-8)9(15)13-11(17)14-10(12)16;1-2(3)4/h3-7H,2H2,1H3,(H2,13,14,15,16,17);1H3,(H,3,4). The van der Waals surface area contributed by atoms with E-state index in [9.17, 15) is 14.4 Å². The van der Waals surface area contributed by atoms with Gasteiger partial charge in [0, 0.05) is 6.92 Å². The number of hydrogen-bond donors (Lipinski definition) is 3. The van der Waals surface area contributed by atoms with Crippen LogP contribution in [-0.2, 0) is 19.8 Å². The second-order valence-corrected chi connectivity index (χ2v) is 4.38. The largest absolute Gasteiger partial charge is 0.481 e. The zero-order valence-corrected chi connectivity index (χ0v) is 11.7. The van der Waals surface area contributed by atoms with Gasteiger partial charge in [-0.2, -0.15) is 0 Å². The van der Waals surface area contributed by atoms with E-state index in [2.05, 4.69) is 10.6 Å². The number of urea groups is 1. The van der Waals surface area contributed by atoms with Crippen molar-refractivity contribution >= 4 is 23.8 Å². The van der Waals surface area contributed by atoms with E-state index in [-0.39, 0.29) is 0 Å². The Labute approximate surface area is 121 Å². The van der Waals surface area contributed by atoms with Crippen molar-refractivity contribution in [3.05, 3.63) is 35.9 Å². The third-order valence-corrected chi connectivity index (χ3v) is 3.03. The minimum atomic E-state index is -1.31. The monoisotopic (exact) mass is 292 g/mol. The van der Waals surface area contributed by atoms with Crippen molar-refractivity contribution in [2.24, 2.45) is 0 Å². The molecule has 1 saturated heterocycles. The van der Waals surface area contributed by atoms with Crippen LogP contribution < -0.4 is 10.6 Å². The van der Waals surface area contributed by atoms with Gasteiger partial charge in [-0.05, 0) is 12.0 Å². The number of hydrogen-bond acceptors (Lipinski definition) is 4. The summed E-state index contributed by atoms with van der Waals surface area (Å²) in [6.07, 6.45) is 0.294. The lowest BCUT2D eigenvalue weighted by Crippen LogP contribution is -2.64. The van der Waals surface area contributed by atoms with Gasteiger partial charge in [-0.25, -0.2) is 4.79 Å². The first-order valence-corrected chi connectivity index (χ1v) is 6.26. The van der Waals surface area contributed by atoms with E-state index < -0.39 is 29.2 Å². The first kappa shape index (κ1) is 16.4. The zero-order chi connectivity index (χ0) is 16.0. The normalized spacial score (nSPS) is 16.2. The number of amides is 4. The molecular weight excluding hydrogens is 276 g/mol. The molecule has 2 rings (SSSR count). The number of carbonyl (C=O) groups is 4. The summed E-state index contributed by atoms with van der Waals surface area (Å²) in [6, 6.07) is 7.96. The van der Waals surface area contributed by atoms with E-state index in [0.717, 1.165) is 6.92 Å². The number of barbiturate groups is 1. The van der Waals surface area contributed by atoms with Gasteiger partial charge in [0.2, 0.25) is 11.8 Å². The fraction of sp³-hybridized carbons (Fsp3) is 0.286. The van der Waals surface area contributed by atoms with Crippen LogP contribution in [0.2, 0.25) is 0 Å². The molecule has 1 aromatic rings. The lowest BCUT2D eigenvalue weighted by molar-refractivity contribution is -0.139. The van der Waals surface area contributed by atoms with Crippen molar-refractivity contribution in [1.29, 1.82) is 0 Å². The van der Waals surface area contributed by atoms with Crippen LogP contribution in [0.5, 0.6) is 0 Å². The van der Waals surface area contributed by atoms with Crippen molar-refractivity contribution in [2.75, 3.05) is 0 Å². The van der Waals surface area contributed by atoms with Crippen LogP contribution in [0, 0.1) is 0 Å². The molecule has 3 N–H and O–H groups in total. The number of rotatable bonds is 2. The van der Waals surface area contributed by atoms with Crippen molar-refractivity contribution in [3.8, 4) is 0 Å². The number of aliphatic carboxylic acids is 1. The Kier molecular flexibility index (Phi) is 5.18. The molecule has 0 aliphatic carbocycles. The molecule has 112 valence electrons. The van der Waals surface area contributed by atoms with Crippen LogP contribution in [0.15, 0.2) is 30.3 Å². The van der Waals surface area contributed by atoms with Crippen molar-refractivity contribution in [1.82, 2.24) is 10.6 Å². The van der Waals surface area contributed by atoms with Crippen LogP contribution in [-0.4, -0.2) is 28.9 Å².